The van der Waals surface area contributed by atoms with E-state index in [1.807, 2.05) is 26.2 Å². The lowest BCUT2D eigenvalue weighted by Gasteiger charge is -2.37. The second-order valence-electron chi connectivity index (χ2n) is 6.61. The second kappa shape index (κ2) is 5.84. The standard InChI is InChI=1S/C19H24NO2/c1-20(2,21)15-18-13-14-22-19(18,16-9-5-3-6-10-16)17-11-7-4-8-12-17/h3-12,18,21H,13-15H2,1-2H3/q+1. The van der Waals surface area contributed by atoms with Crippen LogP contribution in [0.2, 0.25) is 0 Å². The lowest BCUT2D eigenvalue weighted by molar-refractivity contribution is -1.07. The van der Waals surface area contributed by atoms with Gasteiger partial charge in [0.1, 0.15) is 12.1 Å². The first-order chi connectivity index (χ1) is 10.5. The molecular formula is C19H24NO2+. The molecular weight excluding hydrogens is 274 g/mol. The topological polar surface area (TPSA) is 29.5 Å². The van der Waals surface area contributed by atoms with Crippen molar-refractivity contribution >= 4 is 0 Å². The molecule has 1 unspecified atom stereocenters. The first kappa shape index (κ1) is 15.2. The van der Waals surface area contributed by atoms with Gasteiger partial charge in [0.05, 0.1) is 20.0 Å². The van der Waals surface area contributed by atoms with E-state index in [2.05, 4.69) is 48.5 Å². The Morgan fingerprint density at radius 2 is 1.50 bits per heavy atom. The molecule has 2 aromatic rings. The molecule has 0 bridgehead atoms. The van der Waals surface area contributed by atoms with Crippen molar-refractivity contribution in [3.63, 3.8) is 0 Å². The van der Waals surface area contributed by atoms with Gasteiger partial charge in [-0.1, -0.05) is 60.7 Å². The molecule has 1 atom stereocenters. The number of quaternary nitrogens is 1. The number of hydrogen-bond acceptors (Lipinski definition) is 2. The average Bonchev–Trinajstić information content (AvgIpc) is 2.91. The molecule has 1 aliphatic heterocycles. The second-order valence-corrected chi connectivity index (χ2v) is 6.61. The van der Waals surface area contributed by atoms with E-state index in [0.717, 1.165) is 17.5 Å². The highest BCUT2D eigenvalue weighted by Gasteiger charge is 2.49. The van der Waals surface area contributed by atoms with E-state index in [0.29, 0.717) is 13.2 Å². The monoisotopic (exact) mass is 298 g/mol. The number of benzene rings is 2. The molecule has 0 radical (unpaired) electrons. The first-order valence-corrected chi connectivity index (χ1v) is 7.83. The molecule has 2 aromatic carbocycles. The molecule has 1 fully saturated rings. The van der Waals surface area contributed by atoms with Crippen molar-refractivity contribution in [1.29, 1.82) is 0 Å². The highest BCUT2D eigenvalue weighted by Crippen LogP contribution is 2.46. The summed E-state index contributed by atoms with van der Waals surface area (Å²) in [5.74, 6) is 0.234. The Kier molecular flexibility index (Phi) is 4.04. The van der Waals surface area contributed by atoms with E-state index < -0.39 is 5.60 Å². The summed E-state index contributed by atoms with van der Waals surface area (Å²) < 4.78 is 6.30. The largest absolute Gasteiger partial charge is 0.365 e. The van der Waals surface area contributed by atoms with Gasteiger partial charge in [0.25, 0.3) is 0 Å². The summed E-state index contributed by atoms with van der Waals surface area (Å²) in [6, 6.07) is 20.8. The summed E-state index contributed by atoms with van der Waals surface area (Å²) in [5, 5.41) is 10.3. The zero-order valence-electron chi connectivity index (χ0n) is 13.3. The first-order valence-electron chi connectivity index (χ1n) is 7.83. The van der Waals surface area contributed by atoms with Crippen LogP contribution in [0.1, 0.15) is 17.5 Å². The summed E-state index contributed by atoms with van der Waals surface area (Å²) in [7, 11) is 3.64. The van der Waals surface area contributed by atoms with Gasteiger partial charge in [-0.2, -0.15) is 4.65 Å². The van der Waals surface area contributed by atoms with Gasteiger partial charge >= 0.3 is 0 Å². The highest BCUT2D eigenvalue weighted by molar-refractivity contribution is 5.38. The fourth-order valence-corrected chi connectivity index (χ4v) is 3.62. The molecule has 3 heteroatoms. The Bertz CT molecular complexity index is 565. The van der Waals surface area contributed by atoms with Gasteiger partial charge in [0.15, 0.2) is 0 Å². The van der Waals surface area contributed by atoms with Gasteiger partial charge in [-0.25, -0.2) is 5.21 Å². The van der Waals surface area contributed by atoms with Crippen molar-refractivity contribution in [2.75, 3.05) is 27.2 Å². The van der Waals surface area contributed by atoms with E-state index in [4.69, 9.17) is 4.74 Å². The molecule has 3 rings (SSSR count). The van der Waals surface area contributed by atoms with Crippen molar-refractivity contribution in [2.45, 2.75) is 12.0 Å². The Balaban J connectivity index is 2.11. The molecule has 0 saturated carbocycles. The molecule has 0 amide bonds. The van der Waals surface area contributed by atoms with Crippen LogP contribution < -0.4 is 0 Å². The molecule has 22 heavy (non-hydrogen) atoms. The van der Waals surface area contributed by atoms with Crippen LogP contribution in [0.25, 0.3) is 0 Å². The maximum atomic E-state index is 10.3. The van der Waals surface area contributed by atoms with Crippen molar-refractivity contribution in [1.82, 2.24) is 0 Å². The minimum absolute atomic E-state index is 0.0462. The fraction of sp³-hybridized carbons (Fsp3) is 0.368. The zero-order valence-corrected chi connectivity index (χ0v) is 13.3. The van der Waals surface area contributed by atoms with E-state index in [9.17, 15) is 5.21 Å². The van der Waals surface area contributed by atoms with Crippen molar-refractivity contribution in [3.8, 4) is 0 Å². The third kappa shape index (κ3) is 2.80. The van der Waals surface area contributed by atoms with Crippen LogP contribution in [0.3, 0.4) is 0 Å². The Hall–Kier alpha value is -1.68. The van der Waals surface area contributed by atoms with Crippen molar-refractivity contribution in [3.05, 3.63) is 71.8 Å². The predicted octanol–water partition coefficient (Wildman–Crippen LogP) is 3.43. The minimum Gasteiger partial charge on any atom is -0.365 e. The Morgan fingerprint density at radius 1 is 1.00 bits per heavy atom. The normalized spacial score (nSPS) is 21.0. The van der Waals surface area contributed by atoms with Crippen LogP contribution >= 0.6 is 0 Å². The number of rotatable bonds is 4. The molecule has 0 aliphatic carbocycles. The van der Waals surface area contributed by atoms with Crippen LogP contribution in [0.5, 0.6) is 0 Å². The van der Waals surface area contributed by atoms with Crippen LogP contribution in [0, 0.1) is 5.92 Å². The third-order valence-corrected chi connectivity index (χ3v) is 4.44. The van der Waals surface area contributed by atoms with Gasteiger partial charge in [0.2, 0.25) is 0 Å². The minimum atomic E-state index is -0.471. The number of ether oxygens (including phenoxy) is 1. The Morgan fingerprint density at radius 3 is 1.95 bits per heavy atom. The maximum absolute atomic E-state index is 10.3. The van der Waals surface area contributed by atoms with Gasteiger partial charge in [-0.05, 0) is 17.5 Å². The van der Waals surface area contributed by atoms with Crippen LogP contribution in [0.4, 0.5) is 0 Å². The van der Waals surface area contributed by atoms with Gasteiger partial charge in [-0.3, -0.25) is 0 Å². The number of nitrogens with zero attached hydrogens (tertiary/aromatic N) is 1. The van der Waals surface area contributed by atoms with Crippen molar-refractivity contribution < 1.29 is 14.6 Å². The smallest absolute Gasteiger partial charge is 0.126 e. The third-order valence-electron chi connectivity index (χ3n) is 4.44. The van der Waals surface area contributed by atoms with E-state index in [-0.39, 0.29) is 10.6 Å². The van der Waals surface area contributed by atoms with Crippen LogP contribution in [0.15, 0.2) is 60.7 Å². The summed E-state index contributed by atoms with van der Waals surface area (Å²) in [6.07, 6.45) is 0.950. The van der Waals surface area contributed by atoms with Crippen LogP contribution in [-0.4, -0.2) is 37.1 Å². The highest BCUT2D eigenvalue weighted by atomic mass is 16.5. The summed E-state index contributed by atoms with van der Waals surface area (Å²) >= 11 is 0. The van der Waals surface area contributed by atoms with Gasteiger partial charge in [0, 0.05) is 6.61 Å². The molecule has 1 N–H and O–H groups in total. The van der Waals surface area contributed by atoms with Crippen molar-refractivity contribution in [2.24, 2.45) is 5.92 Å². The Labute approximate surface area is 132 Å². The predicted molar refractivity (Wildman–Crippen MR) is 86.5 cm³/mol. The molecule has 1 aliphatic rings. The van der Waals surface area contributed by atoms with E-state index >= 15 is 0 Å². The SMILES string of the molecule is C[N+](C)(O)CC1CCOC1(c1ccccc1)c1ccccc1. The quantitative estimate of drug-likeness (QED) is 0.692. The van der Waals surface area contributed by atoms with Gasteiger partial charge in [-0.15, -0.1) is 0 Å². The van der Waals surface area contributed by atoms with E-state index in [1.165, 1.54) is 0 Å². The summed E-state index contributed by atoms with van der Waals surface area (Å²) in [4.78, 5) is 0. The molecule has 116 valence electrons. The van der Waals surface area contributed by atoms with E-state index in [1.54, 1.807) is 0 Å². The molecule has 1 heterocycles. The lowest BCUT2D eigenvalue weighted by Crippen LogP contribution is -2.46. The number of hydrogen-bond donors (Lipinski definition) is 1. The lowest BCUT2D eigenvalue weighted by atomic mass is 9.76. The summed E-state index contributed by atoms with van der Waals surface area (Å²) in [6.45, 7) is 1.37. The van der Waals surface area contributed by atoms with Crippen LogP contribution in [-0.2, 0) is 10.3 Å². The average molecular weight is 298 g/mol. The maximum Gasteiger partial charge on any atom is 0.126 e. The summed E-state index contributed by atoms with van der Waals surface area (Å²) in [5.41, 5.74) is 1.86. The number of hydroxylamine groups is 3. The molecule has 1 saturated heterocycles. The molecule has 0 aromatic heterocycles. The molecule has 0 spiro atoms. The fourth-order valence-electron chi connectivity index (χ4n) is 3.62. The zero-order chi connectivity index (χ0) is 15.6. The van der Waals surface area contributed by atoms with Gasteiger partial charge < -0.3 is 4.74 Å². The molecule has 3 nitrogen and oxygen atoms in total.